The lowest BCUT2D eigenvalue weighted by Crippen LogP contribution is -1.96. The van der Waals surface area contributed by atoms with Crippen molar-refractivity contribution in [3.8, 4) is 11.3 Å². The number of furan rings is 1. The Morgan fingerprint density at radius 1 is 1.10 bits per heavy atom. The molecular formula is C16H12O4. The van der Waals surface area contributed by atoms with Crippen molar-refractivity contribution in [2.45, 2.75) is 6.61 Å². The van der Waals surface area contributed by atoms with Crippen LogP contribution in [0.2, 0.25) is 0 Å². The number of carboxylic acids is 1. The van der Waals surface area contributed by atoms with Crippen LogP contribution in [0.25, 0.3) is 22.3 Å². The van der Waals surface area contributed by atoms with E-state index in [1.54, 1.807) is 18.2 Å². The average Bonchev–Trinajstić information content (AvgIpc) is 2.86. The average molecular weight is 268 g/mol. The summed E-state index contributed by atoms with van der Waals surface area (Å²) in [4.78, 5) is 11.0. The zero-order valence-electron chi connectivity index (χ0n) is 10.5. The second kappa shape index (κ2) is 4.83. The predicted octanol–water partition coefficient (Wildman–Crippen LogP) is 3.29. The number of rotatable bonds is 3. The zero-order valence-corrected chi connectivity index (χ0v) is 10.5. The minimum Gasteiger partial charge on any atom is -0.478 e. The van der Waals surface area contributed by atoms with Crippen LogP contribution in [0.15, 0.2) is 52.9 Å². The topological polar surface area (TPSA) is 70.7 Å². The third kappa shape index (κ3) is 1.96. The summed E-state index contributed by atoms with van der Waals surface area (Å²) in [5.41, 5.74) is 2.17. The second-order valence-electron chi connectivity index (χ2n) is 4.45. The summed E-state index contributed by atoms with van der Waals surface area (Å²) in [7, 11) is 0. The summed E-state index contributed by atoms with van der Waals surface area (Å²) in [5, 5.41) is 19.4. The molecule has 2 aromatic carbocycles. The Kier molecular flexibility index (Phi) is 3.00. The van der Waals surface area contributed by atoms with E-state index >= 15 is 0 Å². The fourth-order valence-electron chi connectivity index (χ4n) is 2.28. The molecule has 0 unspecified atom stereocenters. The number of hydrogen-bond donors (Lipinski definition) is 2. The fraction of sp³-hybridized carbons (Fsp3) is 0.0625. The van der Waals surface area contributed by atoms with Gasteiger partial charge in [0.2, 0.25) is 0 Å². The van der Waals surface area contributed by atoms with Crippen molar-refractivity contribution >= 4 is 16.9 Å². The van der Waals surface area contributed by atoms with Gasteiger partial charge in [0.1, 0.15) is 11.3 Å². The van der Waals surface area contributed by atoms with Crippen LogP contribution < -0.4 is 0 Å². The smallest absolute Gasteiger partial charge is 0.335 e. The molecule has 0 amide bonds. The number of fused-ring (bicyclic) bond motifs is 1. The van der Waals surface area contributed by atoms with Gasteiger partial charge in [0.15, 0.2) is 0 Å². The SMILES string of the molecule is O=C(O)c1cccc(-c2oc3ccccc3c2CO)c1. The van der Waals surface area contributed by atoms with Gasteiger partial charge in [-0.1, -0.05) is 30.3 Å². The number of aliphatic hydroxyl groups is 1. The molecule has 0 aliphatic heterocycles. The summed E-state index contributed by atoms with van der Waals surface area (Å²) in [6.45, 7) is -0.163. The third-order valence-corrected chi connectivity index (χ3v) is 3.23. The standard InChI is InChI=1S/C16H12O4/c17-9-13-12-6-1-2-7-14(12)20-15(13)10-4-3-5-11(8-10)16(18)19/h1-8,17H,9H2,(H,18,19). The van der Waals surface area contributed by atoms with Crippen molar-refractivity contribution in [3.63, 3.8) is 0 Å². The first-order valence-corrected chi connectivity index (χ1v) is 6.15. The number of hydrogen-bond acceptors (Lipinski definition) is 3. The highest BCUT2D eigenvalue weighted by Crippen LogP contribution is 2.33. The largest absolute Gasteiger partial charge is 0.478 e. The summed E-state index contributed by atoms with van der Waals surface area (Å²) in [5.74, 6) is -0.481. The van der Waals surface area contributed by atoms with E-state index in [0.29, 0.717) is 22.5 Å². The maximum absolute atomic E-state index is 11.0. The molecule has 0 fully saturated rings. The van der Waals surface area contributed by atoms with Gasteiger partial charge in [-0.2, -0.15) is 0 Å². The van der Waals surface area contributed by atoms with Crippen molar-refractivity contribution in [2.75, 3.05) is 0 Å². The first-order chi connectivity index (χ1) is 9.70. The van der Waals surface area contributed by atoms with Gasteiger partial charge in [0.05, 0.1) is 12.2 Å². The first-order valence-electron chi connectivity index (χ1n) is 6.15. The molecule has 0 saturated heterocycles. The monoisotopic (exact) mass is 268 g/mol. The summed E-state index contributed by atoms with van der Waals surface area (Å²) < 4.78 is 5.76. The Balaban J connectivity index is 2.23. The molecule has 0 radical (unpaired) electrons. The minimum absolute atomic E-state index is 0.163. The minimum atomic E-state index is -0.992. The van der Waals surface area contributed by atoms with Crippen LogP contribution in [-0.2, 0) is 6.61 Å². The van der Waals surface area contributed by atoms with Gasteiger partial charge in [0, 0.05) is 16.5 Å². The Morgan fingerprint density at radius 3 is 2.65 bits per heavy atom. The van der Waals surface area contributed by atoms with E-state index in [1.807, 2.05) is 24.3 Å². The van der Waals surface area contributed by atoms with Crippen LogP contribution in [0.4, 0.5) is 0 Å². The molecule has 100 valence electrons. The molecule has 0 spiro atoms. The van der Waals surface area contributed by atoms with Crippen molar-refractivity contribution in [3.05, 3.63) is 59.7 Å². The molecule has 0 saturated carbocycles. The van der Waals surface area contributed by atoms with Crippen LogP contribution in [0.1, 0.15) is 15.9 Å². The number of aliphatic hydroxyl groups excluding tert-OH is 1. The molecule has 20 heavy (non-hydrogen) atoms. The molecule has 1 heterocycles. The molecule has 3 rings (SSSR count). The Morgan fingerprint density at radius 2 is 1.90 bits per heavy atom. The predicted molar refractivity (Wildman–Crippen MR) is 74.5 cm³/mol. The molecule has 4 heteroatoms. The Bertz CT molecular complexity index is 786. The van der Waals surface area contributed by atoms with Crippen LogP contribution in [0, 0.1) is 0 Å². The van der Waals surface area contributed by atoms with Crippen LogP contribution in [-0.4, -0.2) is 16.2 Å². The molecule has 4 nitrogen and oxygen atoms in total. The van der Waals surface area contributed by atoms with E-state index < -0.39 is 5.97 Å². The zero-order chi connectivity index (χ0) is 14.1. The molecule has 0 aliphatic rings. The molecule has 0 atom stereocenters. The van der Waals surface area contributed by atoms with Crippen molar-refractivity contribution in [1.82, 2.24) is 0 Å². The van der Waals surface area contributed by atoms with Gasteiger partial charge >= 0.3 is 5.97 Å². The highest BCUT2D eigenvalue weighted by atomic mass is 16.4. The number of para-hydroxylation sites is 1. The number of benzene rings is 2. The second-order valence-corrected chi connectivity index (χ2v) is 4.45. The van der Waals surface area contributed by atoms with Gasteiger partial charge in [-0.15, -0.1) is 0 Å². The first kappa shape index (κ1) is 12.4. The van der Waals surface area contributed by atoms with Gasteiger partial charge in [-0.25, -0.2) is 4.79 Å². The van der Waals surface area contributed by atoms with Crippen LogP contribution in [0.3, 0.4) is 0 Å². The highest BCUT2D eigenvalue weighted by molar-refractivity contribution is 5.91. The van der Waals surface area contributed by atoms with E-state index in [1.165, 1.54) is 6.07 Å². The molecule has 1 aromatic heterocycles. The lowest BCUT2D eigenvalue weighted by atomic mass is 10.0. The maximum Gasteiger partial charge on any atom is 0.335 e. The molecule has 2 N–H and O–H groups in total. The van der Waals surface area contributed by atoms with Crippen molar-refractivity contribution < 1.29 is 19.4 Å². The summed E-state index contributed by atoms with van der Waals surface area (Å²) >= 11 is 0. The van der Waals surface area contributed by atoms with E-state index in [-0.39, 0.29) is 12.2 Å². The molecule has 0 bridgehead atoms. The van der Waals surface area contributed by atoms with E-state index in [9.17, 15) is 9.90 Å². The molecule has 3 aromatic rings. The number of aromatic carboxylic acids is 1. The summed E-state index contributed by atoms with van der Waals surface area (Å²) in [6, 6.07) is 13.9. The van der Waals surface area contributed by atoms with E-state index in [4.69, 9.17) is 9.52 Å². The van der Waals surface area contributed by atoms with Gasteiger partial charge < -0.3 is 14.6 Å². The maximum atomic E-state index is 11.0. The molecular weight excluding hydrogens is 256 g/mol. The number of carbonyl (C=O) groups is 1. The summed E-state index contributed by atoms with van der Waals surface area (Å²) in [6.07, 6.45) is 0. The number of carboxylic acid groups (broad SMARTS) is 1. The van der Waals surface area contributed by atoms with Crippen LogP contribution in [0.5, 0.6) is 0 Å². The van der Waals surface area contributed by atoms with Gasteiger partial charge in [0.25, 0.3) is 0 Å². The quantitative estimate of drug-likeness (QED) is 0.764. The van der Waals surface area contributed by atoms with Crippen molar-refractivity contribution in [1.29, 1.82) is 0 Å². The van der Waals surface area contributed by atoms with E-state index in [2.05, 4.69) is 0 Å². The third-order valence-electron chi connectivity index (χ3n) is 3.23. The van der Waals surface area contributed by atoms with Crippen LogP contribution >= 0.6 is 0 Å². The van der Waals surface area contributed by atoms with Gasteiger partial charge in [-0.3, -0.25) is 0 Å². The van der Waals surface area contributed by atoms with E-state index in [0.717, 1.165) is 5.39 Å². The normalized spacial score (nSPS) is 10.8. The molecule has 0 aliphatic carbocycles. The van der Waals surface area contributed by atoms with Crippen molar-refractivity contribution in [2.24, 2.45) is 0 Å². The Labute approximate surface area is 114 Å². The fourth-order valence-corrected chi connectivity index (χ4v) is 2.28. The highest BCUT2D eigenvalue weighted by Gasteiger charge is 2.15. The lowest BCUT2D eigenvalue weighted by Gasteiger charge is -2.02. The lowest BCUT2D eigenvalue weighted by molar-refractivity contribution is 0.0697. The van der Waals surface area contributed by atoms with Gasteiger partial charge in [-0.05, 0) is 18.2 Å². The Hall–Kier alpha value is -2.59.